The van der Waals surface area contributed by atoms with E-state index in [1.165, 1.54) is 6.92 Å². The van der Waals surface area contributed by atoms with Gasteiger partial charge < -0.3 is 9.84 Å². The fourth-order valence-corrected chi connectivity index (χ4v) is 0.944. The third kappa shape index (κ3) is 4.64. The van der Waals surface area contributed by atoms with Crippen molar-refractivity contribution in [3.63, 3.8) is 0 Å². The van der Waals surface area contributed by atoms with Crippen molar-refractivity contribution >= 4 is 11.9 Å². The van der Waals surface area contributed by atoms with E-state index in [4.69, 9.17) is 9.84 Å². The zero-order valence-electron chi connectivity index (χ0n) is 8.74. The summed E-state index contributed by atoms with van der Waals surface area (Å²) >= 11 is 0. The van der Waals surface area contributed by atoms with Gasteiger partial charge in [0, 0.05) is 11.6 Å². The Morgan fingerprint density at radius 3 is 2.21 bits per heavy atom. The molecule has 0 aliphatic carbocycles. The second-order valence-corrected chi connectivity index (χ2v) is 3.01. The van der Waals surface area contributed by atoms with E-state index in [0.29, 0.717) is 0 Å². The second kappa shape index (κ2) is 6.18. The van der Waals surface area contributed by atoms with Gasteiger partial charge in [-0.2, -0.15) is 0 Å². The molecule has 0 atom stereocenters. The minimum absolute atomic E-state index is 0.115. The summed E-state index contributed by atoms with van der Waals surface area (Å²) in [6.07, 6.45) is 2.20. The van der Waals surface area contributed by atoms with Crippen molar-refractivity contribution in [2.75, 3.05) is 0 Å². The molecule has 4 heteroatoms. The summed E-state index contributed by atoms with van der Waals surface area (Å²) in [6.45, 7) is 5.26. The van der Waals surface area contributed by atoms with Crippen LogP contribution in [0.25, 0.3) is 0 Å². The SMILES string of the molecule is CCC(CC)OC(=O)C(C)=CC(=O)O. The maximum absolute atomic E-state index is 11.3. The summed E-state index contributed by atoms with van der Waals surface area (Å²) in [6, 6.07) is 0. The predicted molar refractivity (Wildman–Crippen MR) is 51.9 cm³/mol. The van der Waals surface area contributed by atoms with Crippen molar-refractivity contribution < 1.29 is 19.4 Å². The molecule has 4 nitrogen and oxygen atoms in total. The molecule has 0 aromatic heterocycles. The van der Waals surface area contributed by atoms with Crippen molar-refractivity contribution in [3.05, 3.63) is 11.6 Å². The van der Waals surface area contributed by atoms with Gasteiger partial charge >= 0.3 is 11.9 Å². The maximum atomic E-state index is 11.3. The van der Waals surface area contributed by atoms with E-state index in [1.54, 1.807) is 0 Å². The molecule has 0 bridgehead atoms. The normalized spacial score (nSPS) is 11.6. The summed E-state index contributed by atoms with van der Waals surface area (Å²) in [5.41, 5.74) is 0.115. The summed E-state index contributed by atoms with van der Waals surface area (Å²) in [4.78, 5) is 21.5. The Bertz CT molecular complexity index is 239. The lowest BCUT2D eigenvalue weighted by atomic mass is 10.2. The fraction of sp³-hybridized carbons (Fsp3) is 0.600. The quantitative estimate of drug-likeness (QED) is 0.542. The van der Waals surface area contributed by atoms with Crippen LogP contribution in [0, 0.1) is 0 Å². The molecule has 0 unspecified atom stereocenters. The summed E-state index contributed by atoms with van der Waals surface area (Å²) in [5, 5.41) is 8.40. The molecule has 0 spiro atoms. The van der Waals surface area contributed by atoms with Crippen molar-refractivity contribution in [3.8, 4) is 0 Å². The van der Waals surface area contributed by atoms with Crippen LogP contribution in [0.3, 0.4) is 0 Å². The van der Waals surface area contributed by atoms with E-state index < -0.39 is 11.9 Å². The number of ether oxygens (including phenoxy) is 1. The van der Waals surface area contributed by atoms with Crippen molar-refractivity contribution in [1.29, 1.82) is 0 Å². The van der Waals surface area contributed by atoms with Crippen LogP contribution in [0.15, 0.2) is 11.6 Å². The molecule has 1 N–H and O–H groups in total. The second-order valence-electron chi connectivity index (χ2n) is 3.01. The first-order valence-electron chi connectivity index (χ1n) is 4.63. The molecule has 0 aliphatic rings. The fourth-order valence-electron chi connectivity index (χ4n) is 0.944. The third-order valence-electron chi connectivity index (χ3n) is 1.85. The summed E-state index contributed by atoms with van der Waals surface area (Å²) in [5.74, 6) is -1.69. The van der Waals surface area contributed by atoms with Gasteiger partial charge in [0.05, 0.1) is 0 Å². The van der Waals surface area contributed by atoms with Crippen LogP contribution in [-0.2, 0) is 14.3 Å². The van der Waals surface area contributed by atoms with Crippen LogP contribution < -0.4 is 0 Å². The van der Waals surface area contributed by atoms with Gasteiger partial charge in [0.2, 0.25) is 0 Å². The minimum Gasteiger partial charge on any atom is -0.478 e. The highest BCUT2D eigenvalue weighted by molar-refractivity contribution is 5.95. The first-order valence-corrected chi connectivity index (χ1v) is 4.63. The molecule has 14 heavy (non-hydrogen) atoms. The van der Waals surface area contributed by atoms with Crippen LogP contribution in [0.4, 0.5) is 0 Å². The number of rotatable bonds is 5. The number of carboxylic acids is 1. The van der Waals surface area contributed by atoms with Crippen LogP contribution in [0.1, 0.15) is 33.6 Å². The Balaban J connectivity index is 4.27. The highest BCUT2D eigenvalue weighted by Crippen LogP contribution is 2.06. The average Bonchev–Trinajstić information content (AvgIpc) is 2.12. The summed E-state index contributed by atoms with van der Waals surface area (Å²) < 4.78 is 5.04. The zero-order chi connectivity index (χ0) is 11.1. The van der Waals surface area contributed by atoms with Crippen LogP contribution in [-0.4, -0.2) is 23.1 Å². The Morgan fingerprint density at radius 2 is 1.86 bits per heavy atom. The van der Waals surface area contributed by atoms with Gasteiger partial charge in [0.25, 0.3) is 0 Å². The lowest BCUT2D eigenvalue weighted by Gasteiger charge is -2.13. The Labute approximate surface area is 83.6 Å². The molecule has 0 aromatic rings. The molecule has 0 saturated heterocycles. The van der Waals surface area contributed by atoms with Crippen LogP contribution >= 0.6 is 0 Å². The average molecular weight is 200 g/mol. The van der Waals surface area contributed by atoms with Gasteiger partial charge in [0.1, 0.15) is 6.10 Å². The number of carbonyl (C=O) groups excluding carboxylic acids is 1. The molecule has 0 radical (unpaired) electrons. The van der Waals surface area contributed by atoms with Gasteiger partial charge in [-0.3, -0.25) is 0 Å². The van der Waals surface area contributed by atoms with Crippen molar-refractivity contribution in [2.24, 2.45) is 0 Å². The molecule has 80 valence electrons. The smallest absolute Gasteiger partial charge is 0.334 e. The monoisotopic (exact) mass is 200 g/mol. The zero-order valence-corrected chi connectivity index (χ0v) is 8.74. The minimum atomic E-state index is -1.14. The number of carboxylic acid groups (broad SMARTS) is 1. The highest BCUT2D eigenvalue weighted by Gasteiger charge is 2.12. The van der Waals surface area contributed by atoms with E-state index in [-0.39, 0.29) is 11.7 Å². The van der Waals surface area contributed by atoms with Crippen molar-refractivity contribution in [2.45, 2.75) is 39.7 Å². The lowest BCUT2D eigenvalue weighted by Crippen LogP contribution is -2.17. The number of carbonyl (C=O) groups is 2. The predicted octanol–water partition coefficient (Wildman–Crippen LogP) is 1.75. The van der Waals surface area contributed by atoms with E-state index in [2.05, 4.69) is 0 Å². The van der Waals surface area contributed by atoms with Gasteiger partial charge in [-0.15, -0.1) is 0 Å². The standard InChI is InChI=1S/C10H16O4/c1-4-8(5-2)14-10(13)7(3)6-9(11)12/h6,8H,4-5H2,1-3H3,(H,11,12). The number of aliphatic carboxylic acids is 1. The number of hydrogen-bond acceptors (Lipinski definition) is 3. The topological polar surface area (TPSA) is 63.6 Å². The van der Waals surface area contributed by atoms with E-state index in [1.807, 2.05) is 13.8 Å². The summed E-state index contributed by atoms with van der Waals surface area (Å²) in [7, 11) is 0. The number of hydrogen-bond donors (Lipinski definition) is 1. The van der Waals surface area contributed by atoms with Gasteiger partial charge in [-0.1, -0.05) is 13.8 Å². The largest absolute Gasteiger partial charge is 0.478 e. The molecular weight excluding hydrogens is 184 g/mol. The highest BCUT2D eigenvalue weighted by atomic mass is 16.5. The maximum Gasteiger partial charge on any atom is 0.334 e. The molecule has 0 rings (SSSR count). The van der Waals surface area contributed by atoms with E-state index >= 15 is 0 Å². The molecule has 0 aromatic carbocycles. The van der Waals surface area contributed by atoms with Crippen molar-refractivity contribution in [1.82, 2.24) is 0 Å². The first kappa shape index (κ1) is 12.7. The molecule has 0 aliphatic heterocycles. The Morgan fingerprint density at radius 1 is 1.36 bits per heavy atom. The molecule has 0 fully saturated rings. The first-order chi connectivity index (χ1) is 6.51. The third-order valence-corrected chi connectivity index (χ3v) is 1.85. The van der Waals surface area contributed by atoms with Gasteiger partial charge in [0.15, 0.2) is 0 Å². The van der Waals surface area contributed by atoms with Crippen LogP contribution in [0.5, 0.6) is 0 Å². The molecular formula is C10H16O4. The molecule has 0 heterocycles. The Hall–Kier alpha value is -1.32. The molecule has 0 amide bonds. The van der Waals surface area contributed by atoms with Crippen LogP contribution in [0.2, 0.25) is 0 Å². The van der Waals surface area contributed by atoms with Gasteiger partial charge in [-0.05, 0) is 19.8 Å². The Kier molecular flexibility index (Phi) is 5.60. The van der Waals surface area contributed by atoms with Gasteiger partial charge in [-0.25, -0.2) is 9.59 Å². The lowest BCUT2D eigenvalue weighted by molar-refractivity contribution is -0.145. The van der Waals surface area contributed by atoms with E-state index in [9.17, 15) is 9.59 Å². The molecule has 0 saturated carbocycles. The number of esters is 1. The van der Waals surface area contributed by atoms with E-state index in [0.717, 1.165) is 18.9 Å².